The molecule has 1 aliphatic carbocycles. The van der Waals surface area contributed by atoms with Gasteiger partial charge >= 0.3 is 0 Å². The average Bonchev–Trinajstić information content (AvgIpc) is 3.86. The smallest absolute Gasteiger partial charge is 0.0714 e. The van der Waals surface area contributed by atoms with Gasteiger partial charge < -0.3 is 4.90 Å². The second kappa shape index (κ2) is 17.9. The highest BCUT2D eigenvalue weighted by molar-refractivity contribution is 6.22. The van der Waals surface area contributed by atoms with Gasteiger partial charge in [-0.15, -0.1) is 0 Å². The van der Waals surface area contributed by atoms with Crippen LogP contribution in [0, 0.1) is 0 Å². The fourth-order valence-electron chi connectivity index (χ4n) is 12.4. The van der Waals surface area contributed by atoms with Crippen LogP contribution in [0.3, 0.4) is 0 Å². The molecule has 14 rings (SSSR count). The molecule has 0 saturated carbocycles. The molecule has 74 heavy (non-hydrogen) atoms. The molecule has 1 aliphatic rings. The van der Waals surface area contributed by atoms with Gasteiger partial charge in [-0.25, -0.2) is 0 Å². The van der Waals surface area contributed by atoms with Crippen molar-refractivity contribution < 1.29 is 0 Å². The molecule has 0 bridgehead atoms. The maximum atomic E-state index is 2.54. The molecule has 0 unspecified atom stereocenters. The topological polar surface area (TPSA) is 3.24 Å². The highest BCUT2D eigenvalue weighted by Gasteiger charge is 2.46. The molecule has 0 heterocycles. The van der Waals surface area contributed by atoms with Gasteiger partial charge in [-0.05, 0) is 130 Å². The van der Waals surface area contributed by atoms with Crippen LogP contribution in [0.2, 0.25) is 0 Å². The summed E-state index contributed by atoms with van der Waals surface area (Å²) >= 11 is 0. The van der Waals surface area contributed by atoms with Crippen molar-refractivity contribution in [2.75, 3.05) is 4.90 Å². The van der Waals surface area contributed by atoms with Gasteiger partial charge in [0, 0.05) is 16.6 Å². The molecular weight excluding hydrogens is 891 g/mol. The average molecular weight is 940 g/mol. The van der Waals surface area contributed by atoms with Crippen LogP contribution in [-0.4, -0.2) is 0 Å². The van der Waals surface area contributed by atoms with Gasteiger partial charge in [0.1, 0.15) is 0 Å². The van der Waals surface area contributed by atoms with Crippen molar-refractivity contribution in [3.8, 4) is 55.6 Å². The fourth-order valence-corrected chi connectivity index (χ4v) is 12.4. The van der Waals surface area contributed by atoms with Crippen LogP contribution in [0.25, 0.3) is 88.0 Å². The molecule has 0 spiro atoms. The Hall–Kier alpha value is -9.56. The number of anilines is 3. The number of para-hydroxylation sites is 1. The normalized spacial score (nSPS) is 12.4. The maximum Gasteiger partial charge on any atom is 0.0714 e. The van der Waals surface area contributed by atoms with Gasteiger partial charge in [0.2, 0.25) is 0 Å². The van der Waals surface area contributed by atoms with Gasteiger partial charge in [-0.2, -0.15) is 0 Å². The zero-order valence-corrected chi connectivity index (χ0v) is 40.7. The molecule has 13 aromatic rings. The fraction of sp³-hybridized carbons (Fsp3) is 0.0137. The van der Waals surface area contributed by atoms with E-state index < -0.39 is 5.41 Å². The first-order valence-electron chi connectivity index (χ1n) is 25.7. The lowest BCUT2D eigenvalue weighted by Gasteiger charge is -2.35. The molecule has 0 saturated heterocycles. The standard InChI is InChI=1S/C73H49N/c1-6-24-50(25-7-1)57-46-47-70(64-38-18-16-35-59(57)64)74(56-43-45-63-62-37-20-22-40-67(62)73(68(63)49-56,54-30-12-4-13-31-54)55-32-14-5-15-33-55)69-41-23-21-34-58(69)53-42-44-61-60-36-17-19-39-65(60)71(51-26-8-2-9-27-51)72(66(61)48-53)52-28-10-3-11-29-52/h1-49H. The summed E-state index contributed by atoms with van der Waals surface area (Å²) in [6, 6.07) is 110. The molecular formula is C73H49N. The second-order valence-corrected chi connectivity index (χ2v) is 19.4. The van der Waals surface area contributed by atoms with Crippen molar-refractivity contribution in [3.05, 3.63) is 320 Å². The molecule has 0 atom stereocenters. The van der Waals surface area contributed by atoms with Crippen molar-refractivity contribution >= 4 is 49.4 Å². The quantitative estimate of drug-likeness (QED) is 0.130. The summed E-state index contributed by atoms with van der Waals surface area (Å²) in [6.07, 6.45) is 0. The van der Waals surface area contributed by atoms with Crippen LogP contribution < -0.4 is 4.90 Å². The van der Waals surface area contributed by atoms with Crippen LogP contribution >= 0.6 is 0 Å². The monoisotopic (exact) mass is 939 g/mol. The lowest BCUT2D eigenvalue weighted by atomic mass is 9.67. The number of hydrogen-bond donors (Lipinski definition) is 0. The van der Waals surface area contributed by atoms with Crippen molar-refractivity contribution in [2.45, 2.75) is 5.41 Å². The Bertz CT molecular complexity index is 4180. The number of rotatable bonds is 9. The number of benzene rings is 13. The van der Waals surface area contributed by atoms with E-state index in [2.05, 4.69) is 302 Å². The Balaban J connectivity index is 1.06. The molecule has 346 valence electrons. The van der Waals surface area contributed by atoms with E-state index >= 15 is 0 Å². The predicted octanol–water partition coefficient (Wildman–Crippen LogP) is 19.6. The Morgan fingerprint density at radius 3 is 1.36 bits per heavy atom. The van der Waals surface area contributed by atoms with Crippen molar-refractivity contribution in [1.82, 2.24) is 0 Å². The molecule has 0 aliphatic heterocycles. The summed E-state index contributed by atoms with van der Waals surface area (Å²) in [5.74, 6) is 0. The third-order valence-electron chi connectivity index (χ3n) is 15.5. The Morgan fingerprint density at radius 1 is 0.230 bits per heavy atom. The Morgan fingerprint density at radius 2 is 0.703 bits per heavy atom. The predicted molar refractivity (Wildman–Crippen MR) is 313 cm³/mol. The summed E-state index contributed by atoms with van der Waals surface area (Å²) in [4.78, 5) is 2.54. The number of nitrogens with zero attached hydrogens (tertiary/aromatic N) is 1. The molecule has 1 heteroatoms. The highest BCUT2D eigenvalue weighted by Crippen LogP contribution is 2.58. The summed E-state index contributed by atoms with van der Waals surface area (Å²) in [5.41, 5.74) is 19.8. The third-order valence-corrected chi connectivity index (χ3v) is 15.5. The first-order chi connectivity index (χ1) is 36.8. The van der Waals surface area contributed by atoms with Crippen LogP contribution in [0.15, 0.2) is 297 Å². The molecule has 0 fully saturated rings. The Kier molecular flexibility index (Phi) is 10.5. The molecule has 0 amide bonds. The molecule has 13 aromatic carbocycles. The second-order valence-electron chi connectivity index (χ2n) is 19.4. The van der Waals surface area contributed by atoms with Gasteiger partial charge in [0.05, 0.1) is 16.8 Å². The van der Waals surface area contributed by atoms with E-state index in [0.29, 0.717) is 0 Å². The first-order valence-corrected chi connectivity index (χ1v) is 25.7. The number of fused-ring (bicyclic) bond motifs is 7. The van der Waals surface area contributed by atoms with Crippen LogP contribution in [0.4, 0.5) is 17.1 Å². The van der Waals surface area contributed by atoms with E-state index in [9.17, 15) is 0 Å². The zero-order chi connectivity index (χ0) is 49.0. The zero-order valence-electron chi connectivity index (χ0n) is 40.7. The lowest BCUT2D eigenvalue weighted by molar-refractivity contribution is 0.768. The summed E-state index contributed by atoms with van der Waals surface area (Å²) in [5, 5.41) is 7.32. The van der Waals surface area contributed by atoms with Crippen LogP contribution in [0.5, 0.6) is 0 Å². The third kappa shape index (κ3) is 6.85. The van der Waals surface area contributed by atoms with Crippen molar-refractivity contribution in [1.29, 1.82) is 0 Å². The van der Waals surface area contributed by atoms with Gasteiger partial charge in [0.15, 0.2) is 0 Å². The minimum absolute atomic E-state index is 0.569. The summed E-state index contributed by atoms with van der Waals surface area (Å²) in [7, 11) is 0. The SMILES string of the molecule is c1ccc(-c2ccc(N(c3ccc4c(c3)C(c3ccccc3)(c3ccccc3)c3ccccc3-4)c3ccccc3-c3ccc4c(c3)c(-c3ccccc3)c(-c3ccccc3)c3ccccc34)c3ccccc23)cc1. The van der Waals surface area contributed by atoms with Crippen molar-refractivity contribution in [3.63, 3.8) is 0 Å². The summed E-state index contributed by atoms with van der Waals surface area (Å²) < 4.78 is 0. The highest BCUT2D eigenvalue weighted by atomic mass is 15.1. The molecule has 0 N–H and O–H groups in total. The Labute approximate surface area is 432 Å². The van der Waals surface area contributed by atoms with Gasteiger partial charge in [-0.1, -0.05) is 267 Å². The maximum absolute atomic E-state index is 2.54. The minimum Gasteiger partial charge on any atom is -0.309 e. The van der Waals surface area contributed by atoms with Crippen LogP contribution in [0.1, 0.15) is 22.3 Å². The molecule has 1 nitrogen and oxygen atoms in total. The van der Waals surface area contributed by atoms with E-state index in [1.54, 1.807) is 0 Å². The lowest BCUT2D eigenvalue weighted by Crippen LogP contribution is -2.28. The van der Waals surface area contributed by atoms with Gasteiger partial charge in [0.25, 0.3) is 0 Å². The summed E-state index contributed by atoms with van der Waals surface area (Å²) in [6.45, 7) is 0. The van der Waals surface area contributed by atoms with E-state index in [4.69, 9.17) is 0 Å². The van der Waals surface area contributed by atoms with Gasteiger partial charge in [-0.3, -0.25) is 0 Å². The molecule has 0 aromatic heterocycles. The van der Waals surface area contributed by atoms with Crippen LogP contribution in [-0.2, 0) is 5.41 Å². The van der Waals surface area contributed by atoms with E-state index in [0.717, 1.165) is 28.2 Å². The minimum atomic E-state index is -0.569. The van der Waals surface area contributed by atoms with E-state index in [1.165, 1.54) is 99.1 Å². The van der Waals surface area contributed by atoms with E-state index in [1.807, 2.05) is 0 Å². The largest absolute Gasteiger partial charge is 0.309 e. The first kappa shape index (κ1) is 43.2. The molecule has 0 radical (unpaired) electrons. The number of hydrogen-bond acceptors (Lipinski definition) is 1. The van der Waals surface area contributed by atoms with Crippen molar-refractivity contribution in [2.24, 2.45) is 0 Å². The van der Waals surface area contributed by atoms with E-state index in [-0.39, 0.29) is 0 Å².